The van der Waals surface area contributed by atoms with Gasteiger partial charge in [0.15, 0.2) is 0 Å². The summed E-state index contributed by atoms with van der Waals surface area (Å²) in [4.78, 5) is 12.2. The van der Waals surface area contributed by atoms with Crippen LogP contribution in [0.25, 0.3) is 0 Å². The van der Waals surface area contributed by atoms with Crippen LogP contribution in [0, 0.1) is 11.7 Å². The zero-order valence-electron chi connectivity index (χ0n) is 14.8. The highest BCUT2D eigenvalue weighted by atomic mass is 19.1. The number of amides is 1. The molecule has 2 aromatic rings. The summed E-state index contributed by atoms with van der Waals surface area (Å²) in [6.45, 7) is 4.30. The van der Waals surface area contributed by atoms with Gasteiger partial charge in [-0.05, 0) is 41.3 Å². The van der Waals surface area contributed by atoms with Gasteiger partial charge >= 0.3 is 0 Å². The Kier molecular flexibility index (Phi) is 6.95. The molecule has 0 saturated carbocycles. The monoisotopic (exact) mass is 345 g/mol. The van der Waals surface area contributed by atoms with E-state index in [1.165, 1.54) is 12.1 Å². The SMILES string of the molecule is COc1cccc(COCC(=O)N[C@H](c2ccc(F)cc2)C(C)C)c1. The van der Waals surface area contributed by atoms with Gasteiger partial charge in [-0.2, -0.15) is 0 Å². The molecule has 0 radical (unpaired) electrons. The molecule has 4 nitrogen and oxygen atoms in total. The van der Waals surface area contributed by atoms with Crippen LogP contribution in [0.3, 0.4) is 0 Å². The molecule has 0 fully saturated rings. The van der Waals surface area contributed by atoms with Crippen LogP contribution in [0.2, 0.25) is 0 Å². The number of rotatable bonds is 8. The number of methoxy groups -OCH3 is 1. The molecule has 1 amide bonds. The van der Waals surface area contributed by atoms with Crippen LogP contribution in [0.5, 0.6) is 5.75 Å². The van der Waals surface area contributed by atoms with Crippen molar-refractivity contribution in [2.45, 2.75) is 26.5 Å². The topological polar surface area (TPSA) is 47.6 Å². The van der Waals surface area contributed by atoms with E-state index in [9.17, 15) is 9.18 Å². The van der Waals surface area contributed by atoms with Gasteiger partial charge < -0.3 is 14.8 Å². The fraction of sp³-hybridized carbons (Fsp3) is 0.350. The fourth-order valence-electron chi connectivity index (χ4n) is 2.54. The summed E-state index contributed by atoms with van der Waals surface area (Å²) in [5.74, 6) is 0.430. The molecule has 2 aromatic carbocycles. The molecule has 0 heterocycles. The maximum atomic E-state index is 13.1. The Morgan fingerprint density at radius 2 is 1.88 bits per heavy atom. The van der Waals surface area contributed by atoms with Gasteiger partial charge in [-0.15, -0.1) is 0 Å². The van der Waals surface area contributed by atoms with Gasteiger partial charge in [0, 0.05) is 0 Å². The maximum absolute atomic E-state index is 13.1. The van der Waals surface area contributed by atoms with E-state index in [2.05, 4.69) is 5.32 Å². The molecule has 134 valence electrons. The minimum Gasteiger partial charge on any atom is -0.497 e. The predicted molar refractivity (Wildman–Crippen MR) is 94.8 cm³/mol. The molecule has 0 saturated heterocycles. The minimum absolute atomic E-state index is 0.0401. The van der Waals surface area contributed by atoms with Crippen LogP contribution in [-0.2, 0) is 16.1 Å². The lowest BCUT2D eigenvalue weighted by atomic mass is 9.96. The number of ether oxygens (including phenoxy) is 2. The Balaban J connectivity index is 1.87. The molecular formula is C20H24FNO3. The highest BCUT2D eigenvalue weighted by Gasteiger charge is 2.18. The van der Waals surface area contributed by atoms with Gasteiger partial charge in [0.25, 0.3) is 0 Å². The highest BCUT2D eigenvalue weighted by Crippen LogP contribution is 2.22. The third kappa shape index (κ3) is 5.87. The van der Waals surface area contributed by atoms with E-state index in [4.69, 9.17) is 9.47 Å². The molecule has 0 aliphatic carbocycles. The van der Waals surface area contributed by atoms with Crippen molar-refractivity contribution < 1.29 is 18.7 Å². The Morgan fingerprint density at radius 1 is 1.16 bits per heavy atom. The Hall–Kier alpha value is -2.40. The number of carbonyl (C=O) groups is 1. The summed E-state index contributed by atoms with van der Waals surface area (Å²) in [6, 6.07) is 13.5. The lowest BCUT2D eigenvalue weighted by Crippen LogP contribution is -2.34. The zero-order chi connectivity index (χ0) is 18.2. The van der Waals surface area contributed by atoms with Gasteiger partial charge in [0.1, 0.15) is 18.2 Å². The number of carbonyl (C=O) groups excluding carboxylic acids is 1. The van der Waals surface area contributed by atoms with Crippen molar-refractivity contribution in [2.24, 2.45) is 5.92 Å². The highest BCUT2D eigenvalue weighted by molar-refractivity contribution is 5.77. The largest absolute Gasteiger partial charge is 0.497 e. The average Bonchev–Trinajstić information content (AvgIpc) is 2.60. The molecule has 0 spiro atoms. The summed E-state index contributed by atoms with van der Waals surface area (Å²) in [7, 11) is 1.61. The Bertz CT molecular complexity index is 686. The van der Waals surface area contributed by atoms with Crippen molar-refractivity contribution in [2.75, 3.05) is 13.7 Å². The first-order chi connectivity index (χ1) is 12.0. The standard InChI is InChI=1S/C20H24FNO3/c1-14(2)20(16-7-9-17(21)10-8-16)22-19(23)13-25-12-15-5-4-6-18(11-15)24-3/h4-11,14,20H,12-13H2,1-3H3,(H,22,23)/t20-/m0/s1. The zero-order valence-corrected chi connectivity index (χ0v) is 14.8. The van der Waals surface area contributed by atoms with Crippen LogP contribution in [0.15, 0.2) is 48.5 Å². The summed E-state index contributed by atoms with van der Waals surface area (Å²) >= 11 is 0. The molecule has 0 aliphatic heterocycles. The van der Waals surface area contributed by atoms with Crippen LogP contribution in [-0.4, -0.2) is 19.6 Å². The lowest BCUT2D eigenvalue weighted by molar-refractivity contribution is -0.127. The number of halogens is 1. The first-order valence-corrected chi connectivity index (χ1v) is 8.25. The van der Waals surface area contributed by atoms with Crippen molar-refractivity contribution in [3.8, 4) is 5.75 Å². The number of hydrogen-bond donors (Lipinski definition) is 1. The van der Waals surface area contributed by atoms with Gasteiger partial charge in [0.2, 0.25) is 5.91 Å². The van der Waals surface area contributed by atoms with E-state index < -0.39 is 0 Å². The third-order valence-electron chi connectivity index (χ3n) is 3.85. The number of benzene rings is 2. The van der Waals surface area contributed by atoms with E-state index in [0.717, 1.165) is 16.9 Å². The van der Waals surface area contributed by atoms with Crippen molar-refractivity contribution in [1.82, 2.24) is 5.32 Å². The van der Waals surface area contributed by atoms with E-state index >= 15 is 0 Å². The average molecular weight is 345 g/mol. The van der Waals surface area contributed by atoms with Crippen molar-refractivity contribution in [3.63, 3.8) is 0 Å². The van der Waals surface area contributed by atoms with E-state index in [0.29, 0.717) is 6.61 Å². The van der Waals surface area contributed by atoms with Crippen molar-refractivity contribution in [1.29, 1.82) is 0 Å². The first kappa shape index (κ1) is 18.9. The second-order valence-corrected chi connectivity index (χ2v) is 6.19. The second kappa shape index (κ2) is 9.18. The Labute approximate surface area is 148 Å². The smallest absolute Gasteiger partial charge is 0.246 e. The third-order valence-corrected chi connectivity index (χ3v) is 3.85. The molecule has 0 unspecified atom stereocenters. The predicted octanol–water partition coefficient (Wildman–Crippen LogP) is 3.86. The van der Waals surface area contributed by atoms with Crippen LogP contribution in [0.4, 0.5) is 4.39 Å². The molecule has 0 aliphatic rings. The lowest BCUT2D eigenvalue weighted by Gasteiger charge is -2.23. The summed E-state index contributed by atoms with van der Waals surface area (Å²) < 4.78 is 23.7. The molecule has 5 heteroatoms. The van der Waals surface area contributed by atoms with Gasteiger partial charge in [-0.1, -0.05) is 38.1 Å². The van der Waals surface area contributed by atoms with Crippen LogP contribution < -0.4 is 10.1 Å². The van der Waals surface area contributed by atoms with Crippen molar-refractivity contribution in [3.05, 3.63) is 65.5 Å². The molecule has 2 rings (SSSR count). The normalized spacial score (nSPS) is 12.0. The Morgan fingerprint density at radius 3 is 2.52 bits per heavy atom. The first-order valence-electron chi connectivity index (χ1n) is 8.25. The quantitative estimate of drug-likeness (QED) is 0.790. The van der Waals surface area contributed by atoms with Gasteiger partial charge in [-0.3, -0.25) is 4.79 Å². The van der Waals surface area contributed by atoms with Crippen LogP contribution in [0.1, 0.15) is 31.0 Å². The molecule has 0 bridgehead atoms. The number of nitrogens with one attached hydrogen (secondary N) is 1. The fourth-order valence-corrected chi connectivity index (χ4v) is 2.54. The summed E-state index contributed by atoms with van der Waals surface area (Å²) in [5.41, 5.74) is 1.81. The van der Waals surface area contributed by atoms with E-state index in [1.54, 1.807) is 19.2 Å². The minimum atomic E-state index is -0.292. The van der Waals surface area contributed by atoms with E-state index in [1.807, 2.05) is 38.1 Å². The van der Waals surface area contributed by atoms with Crippen LogP contribution >= 0.6 is 0 Å². The summed E-state index contributed by atoms with van der Waals surface area (Å²) in [5, 5.41) is 2.95. The molecule has 1 atom stereocenters. The molecule has 1 N–H and O–H groups in total. The molecule has 0 aromatic heterocycles. The second-order valence-electron chi connectivity index (χ2n) is 6.19. The van der Waals surface area contributed by atoms with Gasteiger partial charge in [-0.25, -0.2) is 4.39 Å². The summed E-state index contributed by atoms with van der Waals surface area (Å²) in [6.07, 6.45) is 0. The van der Waals surface area contributed by atoms with Crippen molar-refractivity contribution >= 4 is 5.91 Å². The van der Waals surface area contributed by atoms with E-state index in [-0.39, 0.29) is 30.3 Å². The molecular weight excluding hydrogens is 321 g/mol. The molecule has 25 heavy (non-hydrogen) atoms. The van der Waals surface area contributed by atoms with Gasteiger partial charge in [0.05, 0.1) is 19.8 Å². The maximum Gasteiger partial charge on any atom is 0.246 e. The number of hydrogen-bond acceptors (Lipinski definition) is 3.